The lowest BCUT2D eigenvalue weighted by Crippen LogP contribution is -2.31. The molecule has 0 bridgehead atoms. The molecule has 2 N–H and O–H groups in total. The Morgan fingerprint density at radius 2 is 2.19 bits per heavy atom. The third-order valence-electron chi connectivity index (χ3n) is 3.49. The Balaban J connectivity index is 2.02. The summed E-state index contributed by atoms with van der Waals surface area (Å²) in [7, 11) is 0. The van der Waals surface area contributed by atoms with Crippen LogP contribution in [-0.2, 0) is 6.42 Å². The largest absolute Gasteiger partial charge is 0.371 e. The number of nitrogens with zero attached hydrogens (tertiary/aromatic N) is 1. The molecule has 1 unspecified atom stereocenters. The van der Waals surface area contributed by atoms with Crippen LogP contribution in [0.25, 0.3) is 0 Å². The first-order valence-corrected chi connectivity index (χ1v) is 6.38. The second-order valence-electron chi connectivity index (χ2n) is 4.72. The van der Waals surface area contributed by atoms with Crippen LogP contribution in [0, 0.1) is 5.92 Å². The highest BCUT2D eigenvalue weighted by Crippen LogP contribution is 2.28. The van der Waals surface area contributed by atoms with Crippen molar-refractivity contribution in [3.63, 3.8) is 0 Å². The number of anilines is 1. The van der Waals surface area contributed by atoms with Crippen LogP contribution in [0.4, 0.5) is 5.69 Å². The molecular formula is C14H22N2. The van der Waals surface area contributed by atoms with E-state index in [1.54, 1.807) is 0 Å². The van der Waals surface area contributed by atoms with Crippen molar-refractivity contribution in [1.82, 2.24) is 0 Å². The highest BCUT2D eigenvalue weighted by molar-refractivity contribution is 5.57. The molecule has 0 aliphatic carbocycles. The predicted octanol–water partition coefficient (Wildman–Crippen LogP) is 2.42. The molecule has 1 aromatic carbocycles. The van der Waals surface area contributed by atoms with E-state index < -0.39 is 0 Å². The van der Waals surface area contributed by atoms with Crippen LogP contribution in [0.15, 0.2) is 24.3 Å². The van der Waals surface area contributed by atoms with Crippen molar-refractivity contribution in [2.24, 2.45) is 11.7 Å². The smallest absolute Gasteiger partial charge is 0.0399 e. The zero-order valence-electron chi connectivity index (χ0n) is 10.2. The second-order valence-corrected chi connectivity index (χ2v) is 4.72. The lowest BCUT2D eigenvalue weighted by Gasteiger charge is -2.25. The van der Waals surface area contributed by atoms with Crippen molar-refractivity contribution in [3.8, 4) is 0 Å². The zero-order chi connectivity index (χ0) is 11.4. The average molecular weight is 218 g/mol. The fourth-order valence-electron chi connectivity index (χ4n) is 2.60. The van der Waals surface area contributed by atoms with E-state index in [-0.39, 0.29) is 0 Å². The maximum Gasteiger partial charge on any atom is 0.0399 e. The third-order valence-corrected chi connectivity index (χ3v) is 3.49. The van der Waals surface area contributed by atoms with Gasteiger partial charge in [-0.2, -0.15) is 0 Å². The van der Waals surface area contributed by atoms with Gasteiger partial charge in [0, 0.05) is 18.8 Å². The fraction of sp³-hybridized carbons (Fsp3) is 0.571. The van der Waals surface area contributed by atoms with Gasteiger partial charge in [-0.25, -0.2) is 0 Å². The van der Waals surface area contributed by atoms with Crippen LogP contribution < -0.4 is 10.6 Å². The number of rotatable bonds is 5. The quantitative estimate of drug-likeness (QED) is 0.822. The summed E-state index contributed by atoms with van der Waals surface area (Å²) in [5, 5.41) is 0. The summed E-state index contributed by atoms with van der Waals surface area (Å²) in [4.78, 5) is 2.50. The number of hydrogen-bond acceptors (Lipinski definition) is 2. The molecule has 0 saturated carbocycles. The van der Waals surface area contributed by atoms with E-state index in [0.717, 1.165) is 13.1 Å². The van der Waals surface area contributed by atoms with E-state index >= 15 is 0 Å². The number of nitrogens with two attached hydrogens (primary N) is 1. The van der Waals surface area contributed by atoms with Crippen molar-refractivity contribution < 1.29 is 0 Å². The Labute approximate surface area is 98.4 Å². The molecule has 2 nitrogen and oxygen atoms in total. The van der Waals surface area contributed by atoms with Gasteiger partial charge in [0.1, 0.15) is 0 Å². The van der Waals surface area contributed by atoms with Crippen molar-refractivity contribution in [1.29, 1.82) is 0 Å². The molecule has 0 fully saturated rings. The summed E-state index contributed by atoms with van der Waals surface area (Å²) >= 11 is 0. The predicted molar refractivity (Wildman–Crippen MR) is 69.8 cm³/mol. The zero-order valence-corrected chi connectivity index (χ0v) is 10.2. The molecule has 0 aromatic heterocycles. The van der Waals surface area contributed by atoms with Crippen LogP contribution in [0.3, 0.4) is 0 Å². The molecular weight excluding hydrogens is 196 g/mol. The van der Waals surface area contributed by atoms with Crippen molar-refractivity contribution >= 4 is 5.69 Å². The highest BCUT2D eigenvalue weighted by atomic mass is 15.1. The molecule has 0 amide bonds. The van der Waals surface area contributed by atoms with Crippen LogP contribution in [-0.4, -0.2) is 19.6 Å². The molecule has 1 atom stereocenters. The number of para-hydroxylation sites is 1. The van der Waals surface area contributed by atoms with Gasteiger partial charge in [-0.3, -0.25) is 0 Å². The van der Waals surface area contributed by atoms with Gasteiger partial charge in [0.15, 0.2) is 0 Å². The van der Waals surface area contributed by atoms with E-state index in [9.17, 15) is 0 Å². The number of hydrogen-bond donors (Lipinski definition) is 1. The van der Waals surface area contributed by atoms with Gasteiger partial charge in [0.25, 0.3) is 0 Å². The normalized spacial score (nSPS) is 16.2. The fourth-order valence-corrected chi connectivity index (χ4v) is 2.60. The first kappa shape index (κ1) is 11.5. The second kappa shape index (κ2) is 5.35. The molecule has 2 rings (SSSR count). The molecule has 1 aliphatic rings. The van der Waals surface area contributed by atoms with Crippen LogP contribution >= 0.6 is 0 Å². The summed E-state index contributed by atoms with van der Waals surface area (Å²) in [5.41, 5.74) is 8.75. The van der Waals surface area contributed by atoms with E-state index in [4.69, 9.17) is 5.73 Å². The summed E-state index contributed by atoms with van der Waals surface area (Å²) in [5.74, 6) is 0.649. The van der Waals surface area contributed by atoms with Gasteiger partial charge in [0.2, 0.25) is 0 Å². The molecule has 16 heavy (non-hydrogen) atoms. The lowest BCUT2D eigenvalue weighted by molar-refractivity contribution is 0.485. The van der Waals surface area contributed by atoms with Crippen LogP contribution in [0.2, 0.25) is 0 Å². The van der Waals surface area contributed by atoms with Gasteiger partial charge < -0.3 is 10.6 Å². The highest BCUT2D eigenvalue weighted by Gasteiger charge is 2.20. The summed E-state index contributed by atoms with van der Waals surface area (Å²) in [6, 6.07) is 8.75. The van der Waals surface area contributed by atoms with E-state index in [1.807, 2.05) is 0 Å². The van der Waals surface area contributed by atoms with Gasteiger partial charge in [-0.15, -0.1) is 0 Å². The average Bonchev–Trinajstić information content (AvgIpc) is 2.72. The standard InChI is InChI=1S/C14H22N2/c1-2-5-12(10-15)11-16-9-8-13-6-3-4-7-14(13)16/h3-4,6-7,12H,2,5,8-11,15H2,1H3. The maximum absolute atomic E-state index is 5.83. The minimum Gasteiger partial charge on any atom is -0.371 e. The summed E-state index contributed by atoms with van der Waals surface area (Å²) in [6.45, 7) is 5.34. The Hall–Kier alpha value is -1.02. The molecule has 0 saturated heterocycles. The first-order chi connectivity index (χ1) is 7.85. The van der Waals surface area contributed by atoms with Gasteiger partial charge in [-0.1, -0.05) is 31.5 Å². The Morgan fingerprint density at radius 3 is 2.94 bits per heavy atom. The van der Waals surface area contributed by atoms with Crippen molar-refractivity contribution in [2.75, 3.05) is 24.5 Å². The van der Waals surface area contributed by atoms with Crippen molar-refractivity contribution in [3.05, 3.63) is 29.8 Å². The maximum atomic E-state index is 5.83. The van der Waals surface area contributed by atoms with Crippen LogP contribution in [0.5, 0.6) is 0 Å². The Morgan fingerprint density at radius 1 is 1.38 bits per heavy atom. The minimum atomic E-state index is 0.649. The van der Waals surface area contributed by atoms with Gasteiger partial charge >= 0.3 is 0 Å². The number of fused-ring (bicyclic) bond motifs is 1. The summed E-state index contributed by atoms with van der Waals surface area (Å²) in [6.07, 6.45) is 3.67. The monoisotopic (exact) mass is 218 g/mol. The summed E-state index contributed by atoms with van der Waals surface area (Å²) < 4.78 is 0. The SMILES string of the molecule is CCCC(CN)CN1CCc2ccccc21. The Bertz CT molecular complexity index is 335. The first-order valence-electron chi connectivity index (χ1n) is 6.38. The van der Waals surface area contributed by atoms with E-state index in [1.165, 1.54) is 37.1 Å². The third kappa shape index (κ3) is 2.38. The molecule has 2 heteroatoms. The molecule has 0 radical (unpaired) electrons. The molecule has 1 heterocycles. The van der Waals surface area contributed by atoms with Crippen LogP contribution in [0.1, 0.15) is 25.3 Å². The van der Waals surface area contributed by atoms with Crippen molar-refractivity contribution in [2.45, 2.75) is 26.2 Å². The molecule has 1 aromatic rings. The molecule has 1 aliphatic heterocycles. The van der Waals surface area contributed by atoms with E-state index in [2.05, 4.69) is 36.1 Å². The Kier molecular flexibility index (Phi) is 3.83. The minimum absolute atomic E-state index is 0.649. The molecule has 0 spiro atoms. The lowest BCUT2D eigenvalue weighted by atomic mass is 10.0. The number of benzene rings is 1. The van der Waals surface area contributed by atoms with Gasteiger partial charge in [0.05, 0.1) is 0 Å². The van der Waals surface area contributed by atoms with Gasteiger partial charge in [-0.05, 0) is 36.9 Å². The molecule has 88 valence electrons. The van der Waals surface area contributed by atoms with E-state index in [0.29, 0.717) is 5.92 Å². The topological polar surface area (TPSA) is 29.3 Å².